The number of benzene rings is 1. The third-order valence-electron chi connectivity index (χ3n) is 20.8. The van der Waals surface area contributed by atoms with Crippen LogP contribution in [0.2, 0.25) is 0 Å². The molecule has 0 spiro atoms. The van der Waals surface area contributed by atoms with Crippen LogP contribution in [-0.4, -0.2) is 115 Å². The molecule has 19 rings (SSSR count). The molecule has 1 aromatic carbocycles. The summed E-state index contributed by atoms with van der Waals surface area (Å²) in [5, 5.41) is 21.3. The molecule has 10 bridgehead atoms. The zero-order valence-electron chi connectivity index (χ0n) is 55.3. The first-order valence-corrected chi connectivity index (χ1v) is 34.4. The molecule has 22 heteroatoms. The molecule has 10 unspecified atom stereocenters. The number of esters is 8. The van der Waals surface area contributed by atoms with Crippen molar-refractivity contribution in [1.82, 2.24) is 5.32 Å². The molecule has 1 saturated heterocycles. The summed E-state index contributed by atoms with van der Waals surface area (Å²) in [6.45, 7) is 8.78. The number of ether oxygens (including phenoxy) is 7. The van der Waals surface area contributed by atoms with Crippen molar-refractivity contribution in [2.45, 2.75) is 136 Å². The van der Waals surface area contributed by atoms with Crippen LogP contribution in [0.5, 0.6) is 0 Å². The fourth-order valence-electron chi connectivity index (χ4n) is 16.2. The first-order chi connectivity index (χ1) is 46.3. The number of amides is 1. The van der Waals surface area contributed by atoms with E-state index in [2.05, 4.69) is 63.4 Å². The Morgan fingerprint density at radius 3 is 1.17 bits per heavy atom. The van der Waals surface area contributed by atoms with Gasteiger partial charge in [0.05, 0.1) is 79.8 Å². The highest BCUT2D eigenvalue weighted by atomic mass is 16.6. The van der Waals surface area contributed by atoms with Crippen molar-refractivity contribution in [2.24, 2.45) is 112 Å². The zero-order chi connectivity index (χ0) is 69.0. The second-order valence-corrected chi connectivity index (χ2v) is 26.3. The number of nitrogens with one attached hydrogen (secondary N) is 1. The number of hydrogen-bond acceptors (Lipinski definition) is 19. The average Bonchev–Trinajstić information content (AvgIpc) is 1.65. The highest BCUT2D eigenvalue weighted by Crippen LogP contribution is 2.50. The molecule has 1 amide bonds. The molecule has 7 saturated carbocycles. The molecule has 2 aliphatic heterocycles. The van der Waals surface area contributed by atoms with Gasteiger partial charge in [0.25, 0.3) is 0 Å². The average molecular weight is 1330 g/mol. The van der Waals surface area contributed by atoms with Gasteiger partial charge in [-0.05, 0) is 182 Å². The Morgan fingerprint density at radius 2 is 0.812 bits per heavy atom. The van der Waals surface area contributed by atoms with E-state index in [1.807, 2.05) is 61.6 Å². The highest BCUT2D eigenvalue weighted by Gasteiger charge is 2.55. The van der Waals surface area contributed by atoms with Crippen molar-refractivity contribution < 1.29 is 96.1 Å². The Bertz CT molecular complexity index is 3030. The van der Waals surface area contributed by atoms with Crippen molar-refractivity contribution in [1.29, 1.82) is 0 Å². The topological polar surface area (TPSA) is 331 Å². The van der Waals surface area contributed by atoms with E-state index >= 15 is 0 Å². The predicted octanol–water partition coefficient (Wildman–Crippen LogP) is 9.71. The molecule has 2 heterocycles. The number of aliphatic carboxylic acids is 2. The second kappa shape index (κ2) is 35.6. The number of alkyl carbamates (subject to hydrolysis) is 1. The molecular formula is C74H94N2O20. The Morgan fingerprint density at radius 1 is 0.448 bits per heavy atom. The van der Waals surface area contributed by atoms with Crippen molar-refractivity contribution in [3.8, 4) is 0 Å². The zero-order valence-corrected chi connectivity index (χ0v) is 55.3. The largest absolute Gasteiger partial charge is 0.481 e. The molecule has 18 atom stereocenters. The van der Waals surface area contributed by atoms with E-state index in [1.54, 1.807) is 20.8 Å². The molecule has 1 aromatic rings. The summed E-state index contributed by atoms with van der Waals surface area (Å²) < 4.78 is 34.2. The molecule has 0 aromatic heterocycles. The normalized spacial score (nSPS) is 33.6. The number of carboxylic acids is 2. The molecule has 22 nitrogen and oxygen atoms in total. The summed E-state index contributed by atoms with van der Waals surface area (Å²) in [5.74, 6) is -5.35. The standard InChI is InChI=1S/C19H23NO4.2C12H16O4.C11H19NO2.C10H10O3.C6H8.C4H2O3/c1-2-23-18(21)16-14-8-10-15(11-9-14)17(16)20-19(22)24-12-13-6-4-3-5-7-13;2*1-2-16-12(15)10-8-5-3-7(4-6-8)9(10)11(13)14;1-2-14-11(13)9-7-3-5-8(6-4-7)10(9)12;11-9-7-5-1-2-6(4-3-5)8(7)10(12)13-9;1-2-4-6-5-3-1;5-3-1-2-4(6)7-3/h3-8,10,14-17H,2,9,11-12H2,1H3,(H,20,22);2*3,5,7-10H,2,4,6H2,1H3,(H,13,14);7-10H,2-6,12H2,1H3;1-2,5-8H,3-4H2;1-4H,5-6H2;1-2H/t14?,15?,16-,17-;2*7?,8?,9-,10+;7?,8?,9-,10-;;;/m0000.../s1. The number of hydrogen-bond donors (Lipinski definition) is 4. The lowest BCUT2D eigenvalue weighted by Gasteiger charge is -2.45. The first kappa shape index (κ1) is 73.5. The van der Waals surface area contributed by atoms with Crippen LogP contribution in [-0.2, 0) is 87.7 Å². The first-order valence-electron chi connectivity index (χ1n) is 34.4. The number of carboxylic acid groups (broad SMARTS) is 2. The van der Waals surface area contributed by atoms with Gasteiger partial charge in [0.1, 0.15) is 6.61 Å². The Kier molecular flexibility index (Phi) is 27.3. The van der Waals surface area contributed by atoms with E-state index in [1.165, 1.54) is 38.5 Å². The maximum Gasteiger partial charge on any atom is 0.407 e. The van der Waals surface area contributed by atoms with Gasteiger partial charge in [-0.3, -0.25) is 38.4 Å². The third kappa shape index (κ3) is 18.6. The minimum Gasteiger partial charge on any atom is -0.481 e. The van der Waals surface area contributed by atoms with Crippen LogP contribution in [0.25, 0.3) is 0 Å². The minimum atomic E-state index is -0.878. The van der Waals surface area contributed by atoms with E-state index in [4.69, 9.17) is 29.4 Å². The van der Waals surface area contributed by atoms with Crippen LogP contribution >= 0.6 is 0 Å². The maximum absolute atomic E-state index is 12.3. The summed E-state index contributed by atoms with van der Waals surface area (Å²) in [5.41, 5.74) is 7.02. The fourth-order valence-corrected chi connectivity index (χ4v) is 16.2. The summed E-state index contributed by atoms with van der Waals surface area (Å²) in [4.78, 5) is 125. The smallest absolute Gasteiger partial charge is 0.407 e. The summed E-state index contributed by atoms with van der Waals surface area (Å²) >= 11 is 0. The molecular weight excluding hydrogens is 1240 g/mol. The lowest BCUT2D eigenvalue weighted by Crippen LogP contribution is -2.54. The van der Waals surface area contributed by atoms with Crippen molar-refractivity contribution >= 4 is 65.8 Å². The van der Waals surface area contributed by atoms with Crippen LogP contribution in [0.4, 0.5) is 4.79 Å². The quantitative estimate of drug-likeness (QED) is 0.0617. The molecule has 8 fully saturated rings. The number of nitrogens with two attached hydrogens (primary N) is 1. The summed E-state index contributed by atoms with van der Waals surface area (Å²) in [7, 11) is 0. The lowest BCUT2D eigenvalue weighted by molar-refractivity contribution is -0.163. The predicted molar refractivity (Wildman–Crippen MR) is 347 cm³/mol. The number of fused-ring (bicyclic) bond motifs is 10. The van der Waals surface area contributed by atoms with Crippen LogP contribution in [0, 0.1) is 107 Å². The van der Waals surface area contributed by atoms with E-state index in [-0.39, 0.29) is 126 Å². The van der Waals surface area contributed by atoms with Gasteiger partial charge in [-0.25, -0.2) is 14.4 Å². The second-order valence-electron chi connectivity index (χ2n) is 26.3. The van der Waals surface area contributed by atoms with Crippen LogP contribution in [0.1, 0.15) is 123 Å². The fraction of sp³-hybridized carbons (Fsp3) is 0.581. The van der Waals surface area contributed by atoms with E-state index in [9.17, 15) is 63.0 Å². The van der Waals surface area contributed by atoms with Gasteiger partial charge in [-0.2, -0.15) is 0 Å². The molecule has 520 valence electrons. The Labute approximate surface area is 560 Å². The van der Waals surface area contributed by atoms with Gasteiger partial charge in [-0.15, -0.1) is 0 Å². The van der Waals surface area contributed by atoms with Gasteiger partial charge in [-0.1, -0.05) is 103 Å². The van der Waals surface area contributed by atoms with Crippen LogP contribution in [0.3, 0.4) is 0 Å². The van der Waals surface area contributed by atoms with Crippen LogP contribution < -0.4 is 11.1 Å². The van der Waals surface area contributed by atoms with Crippen molar-refractivity contribution in [3.63, 3.8) is 0 Å². The highest BCUT2D eigenvalue weighted by molar-refractivity contribution is 6.05. The number of rotatable bonds is 13. The number of cyclic esters (lactones) is 4. The van der Waals surface area contributed by atoms with Gasteiger partial charge >= 0.3 is 65.8 Å². The summed E-state index contributed by atoms with van der Waals surface area (Å²) in [6.07, 6.45) is 41.2. The SMILES string of the molecule is C1=CCCC=C1.CCOC(=O)[C@@H]1C2C=CC(CC2)[C@@H]1C(=O)O.CCOC(=O)[C@@H]1C2C=CC(CC2)[C@@H]1C(=O)O.CCOC(=O)[C@H]1C2C=CC(CC2)[C@@H]1NC(=O)OCc1ccccc1.CCOC(=O)[C@H]1C2CCC(CC2)[C@@H]1N.O=C1C=CC(=O)O1.O=C1OC(=O)C2C3C=CC(CC3)C12. The Balaban J connectivity index is 0.000000148. The number of allylic oxidation sites excluding steroid dienone is 11. The lowest BCUT2D eigenvalue weighted by atomic mass is 9.62. The monoisotopic (exact) mass is 1330 g/mol. The van der Waals surface area contributed by atoms with E-state index in [0.717, 1.165) is 69.1 Å². The van der Waals surface area contributed by atoms with Gasteiger partial charge in [0.2, 0.25) is 0 Å². The molecule has 96 heavy (non-hydrogen) atoms. The minimum absolute atomic E-state index is 0.00286. The van der Waals surface area contributed by atoms with Gasteiger partial charge in [0.15, 0.2) is 0 Å². The maximum atomic E-state index is 12.3. The van der Waals surface area contributed by atoms with Crippen LogP contribution in [0.15, 0.2) is 115 Å². The third-order valence-corrected chi connectivity index (χ3v) is 20.8. The van der Waals surface area contributed by atoms with Crippen molar-refractivity contribution in [2.75, 3.05) is 26.4 Å². The van der Waals surface area contributed by atoms with Gasteiger partial charge in [0, 0.05) is 18.2 Å². The summed E-state index contributed by atoms with van der Waals surface area (Å²) in [6, 6.07) is 9.33. The molecule has 0 radical (unpaired) electrons. The number of carbonyl (C=O) groups is 11. The van der Waals surface area contributed by atoms with Gasteiger partial charge < -0.3 is 54.4 Å². The van der Waals surface area contributed by atoms with E-state index < -0.39 is 53.6 Å². The number of carbonyl (C=O) groups excluding carboxylic acids is 9. The van der Waals surface area contributed by atoms with Crippen molar-refractivity contribution in [3.05, 3.63) is 121 Å². The van der Waals surface area contributed by atoms with E-state index in [0.29, 0.717) is 38.3 Å². The molecule has 18 aliphatic rings. The molecule has 16 aliphatic carbocycles. The Hall–Kier alpha value is -8.27. The molecule has 5 N–H and O–H groups in total.